The van der Waals surface area contributed by atoms with Gasteiger partial charge < -0.3 is 4.90 Å². The smallest absolute Gasteiger partial charge is 0.183 e. The van der Waals surface area contributed by atoms with Crippen molar-refractivity contribution in [3.63, 3.8) is 0 Å². The van der Waals surface area contributed by atoms with Gasteiger partial charge in [-0.15, -0.1) is 0 Å². The van der Waals surface area contributed by atoms with Crippen molar-refractivity contribution in [2.45, 2.75) is 6.42 Å². The lowest BCUT2D eigenvalue weighted by atomic mass is 10.2. The molecule has 0 amide bonds. The minimum absolute atomic E-state index is 0.0479. The summed E-state index contributed by atoms with van der Waals surface area (Å²) in [5, 5.41) is 16.9. The van der Waals surface area contributed by atoms with Gasteiger partial charge in [0.25, 0.3) is 0 Å². The summed E-state index contributed by atoms with van der Waals surface area (Å²) >= 11 is 0. The summed E-state index contributed by atoms with van der Waals surface area (Å²) in [6.45, 7) is 0.304. The number of hydrogen-bond acceptors (Lipinski definition) is 3. The van der Waals surface area contributed by atoms with Crippen molar-refractivity contribution in [1.29, 1.82) is 10.5 Å². The van der Waals surface area contributed by atoms with Crippen LogP contribution in [0.5, 0.6) is 0 Å². The van der Waals surface area contributed by atoms with Crippen LogP contribution in [0, 0.1) is 34.3 Å². The van der Waals surface area contributed by atoms with Crippen LogP contribution in [0.4, 0.5) is 14.5 Å². The average Bonchev–Trinajstić information content (AvgIpc) is 2.29. The van der Waals surface area contributed by atoms with Gasteiger partial charge in [0.1, 0.15) is 6.07 Å². The molecule has 1 aromatic carbocycles. The van der Waals surface area contributed by atoms with Crippen molar-refractivity contribution < 1.29 is 8.78 Å². The van der Waals surface area contributed by atoms with Gasteiger partial charge in [0.15, 0.2) is 11.6 Å². The fourth-order valence-electron chi connectivity index (χ4n) is 1.26. The first-order valence-electron chi connectivity index (χ1n) is 4.58. The second-order valence-electron chi connectivity index (χ2n) is 3.20. The van der Waals surface area contributed by atoms with E-state index in [1.165, 1.54) is 17.0 Å². The van der Waals surface area contributed by atoms with Gasteiger partial charge in [-0.3, -0.25) is 0 Å². The fourth-order valence-corrected chi connectivity index (χ4v) is 1.26. The van der Waals surface area contributed by atoms with Gasteiger partial charge in [-0.2, -0.15) is 10.5 Å². The Hall–Kier alpha value is -2.14. The van der Waals surface area contributed by atoms with E-state index in [4.69, 9.17) is 10.5 Å². The lowest BCUT2D eigenvalue weighted by molar-refractivity contribution is 0.505. The summed E-state index contributed by atoms with van der Waals surface area (Å²) in [4.78, 5) is 1.43. The van der Waals surface area contributed by atoms with E-state index in [1.807, 2.05) is 6.07 Å². The number of anilines is 1. The summed E-state index contributed by atoms with van der Waals surface area (Å²) in [6.07, 6.45) is 0.220. The Labute approximate surface area is 92.1 Å². The molecule has 0 N–H and O–H groups in total. The molecule has 0 heterocycles. The quantitative estimate of drug-likeness (QED) is 0.786. The third kappa shape index (κ3) is 2.26. The maximum Gasteiger partial charge on any atom is 0.183 e. The van der Waals surface area contributed by atoms with E-state index in [1.54, 1.807) is 13.1 Å². The molecule has 82 valence electrons. The van der Waals surface area contributed by atoms with Gasteiger partial charge in [0.2, 0.25) is 0 Å². The molecule has 0 aromatic heterocycles. The topological polar surface area (TPSA) is 50.8 Å². The van der Waals surface area contributed by atoms with Crippen LogP contribution in [-0.2, 0) is 0 Å². The second-order valence-corrected chi connectivity index (χ2v) is 3.20. The molecular formula is C11H9F2N3. The number of nitrogens with zero attached hydrogens (tertiary/aromatic N) is 3. The minimum atomic E-state index is -1.15. The first kappa shape index (κ1) is 11.9. The molecule has 5 heteroatoms. The van der Waals surface area contributed by atoms with E-state index in [0.717, 1.165) is 0 Å². The van der Waals surface area contributed by atoms with Crippen LogP contribution in [0.25, 0.3) is 0 Å². The highest BCUT2D eigenvalue weighted by Crippen LogP contribution is 2.23. The molecule has 0 bridgehead atoms. The summed E-state index contributed by atoms with van der Waals surface area (Å²) in [7, 11) is 1.56. The predicted octanol–water partition coefficient (Wildman–Crippen LogP) is 2.19. The molecule has 0 aliphatic rings. The molecule has 16 heavy (non-hydrogen) atoms. The number of benzene rings is 1. The average molecular weight is 221 g/mol. The largest absolute Gasteiger partial charge is 0.371 e. The van der Waals surface area contributed by atoms with Gasteiger partial charge in [0.05, 0.1) is 23.7 Å². The molecule has 0 saturated heterocycles. The highest BCUT2D eigenvalue weighted by Gasteiger charge is 2.15. The summed E-state index contributed by atoms with van der Waals surface area (Å²) in [5.41, 5.74) is -0.276. The maximum absolute atomic E-state index is 13.5. The predicted molar refractivity (Wildman–Crippen MR) is 54.6 cm³/mol. The van der Waals surface area contributed by atoms with Crippen molar-refractivity contribution in [1.82, 2.24) is 0 Å². The third-order valence-electron chi connectivity index (χ3n) is 2.15. The van der Waals surface area contributed by atoms with E-state index < -0.39 is 11.6 Å². The molecule has 0 aliphatic heterocycles. The first-order valence-corrected chi connectivity index (χ1v) is 4.58. The van der Waals surface area contributed by atoms with Crippen molar-refractivity contribution in [3.8, 4) is 12.1 Å². The van der Waals surface area contributed by atoms with Gasteiger partial charge >= 0.3 is 0 Å². The molecule has 0 unspecified atom stereocenters. The normalized spacial score (nSPS) is 9.31. The zero-order valence-corrected chi connectivity index (χ0v) is 8.67. The van der Waals surface area contributed by atoms with Crippen LogP contribution in [0.3, 0.4) is 0 Å². The maximum atomic E-state index is 13.5. The zero-order chi connectivity index (χ0) is 12.1. The fraction of sp³-hybridized carbons (Fsp3) is 0.273. The van der Waals surface area contributed by atoms with Gasteiger partial charge in [-0.05, 0) is 12.1 Å². The standard InChI is InChI=1S/C11H9F2N3/c1-16(6-2-5-14)9-4-3-8(7-15)10(12)11(9)13/h3-4H,2,6H2,1H3. The number of nitriles is 2. The molecule has 0 saturated carbocycles. The van der Waals surface area contributed by atoms with E-state index >= 15 is 0 Å². The van der Waals surface area contributed by atoms with Gasteiger partial charge in [0, 0.05) is 13.6 Å². The van der Waals surface area contributed by atoms with E-state index in [0.29, 0.717) is 6.54 Å². The summed E-state index contributed by atoms with van der Waals surface area (Å²) < 4.78 is 26.7. The Bertz CT molecular complexity index is 471. The molecule has 0 spiro atoms. The van der Waals surface area contributed by atoms with Crippen molar-refractivity contribution in [3.05, 3.63) is 29.3 Å². The summed E-state index contributed by atoms with van der Waals surface area (Å²) in [5.74, 6) is -2.21. The second kappa shape index (κ2) is 5.09. The van der Waals surface area contributed by atoms with Crippen LogP contribution >= 0.6 is 0 Å². The molecular weight excluding hydrogens is 212 g/mol. The Morgan fingerprint density at radius 3 is 2.50 bits per heavy atom. The molecule has 1 aromatic rings. The van der Waals surface area contributed by atoms with Crippen LogP contribution in [0.1, 0.15) is 12.0 Å². The van der Waals surface area contributed by atoms with Crippen LogP contribution in [-0.4, -0.2) is 13.6 Å². The Kier molecular flexibility index (Phi) is 3.79. The monoisotopic (exact) mass is 221 g/mol. The Morgan fingerprint density at radius 2 is 1.94 bits per heavy atom. The van der Waals surface area contributed by atoms with Crippen molar-refractivity contribution in [2.24, 2.45) is 0 Å². The SMILES string of the molecule is CN(CCC#N)c1ccc(C#N)c(F)c1F. The molecule has 0 atom stereocenters. The van der Waals surface area contributed by atoms with E-state index in [9.17, 15) is 8.78 Å². The van der Waals surface area contributed by atoms with Crippen LogP contribution in [0.2, 0.25) is 0 Å². The highest BCUT2D eigenvalue weighted by atomic mass is 19.2. The molecule has 3 nitrogen and oxygen atoms in total. The lowest BCUT2D eigenvalue weighted by Gasteiger charge is -2.18. The van der Waals surface area contributed by atoms with Crippen LogP contribution < -0.4 is 4.90 Å². The third-order valence-corrected chi connectivity index (χ3v) is 2.15. The van der Waals surface area contributed by atoms with Crippen molar-refractivity contribution >= 4 is 5.69 Å². The Morgan fingerprint density at radius 1 is 1.25 bits per heavy atom. The summed E-state index contributed by atoms with van der Waals surface area (Å²) in [6, 6.07) is 6.02. The van der Waals surface area contributed by atoms with Crippen LogP contribution in [0.15, 0.2) is 12.1 Å². The van der Waals surface area contributed by atoms with E-state index in [-0.39, 0.29) is 17.7 Å². The number of rotatable bonds is 3. The molecule has 0 fully saturated rings. The van der Waals surface area contributed by atoms with Crippen molar-refractivity contribution in [2.75, 3.05) is 18.5 Å². The Balaban J connectivity index is 3.04. The minimum Gasteiger partial charge on any atom is -0.371 e. The molecule has 0 radical (unpaired) electrons. The number of halogens is 2. The van der Waals surface area contributed by atoms with Gasteiger partial charge in [-0.1, -0.05) is 0 Å². The zero-order valence-electron chi connectivity index (χ0n) is 8.67. The first-order chi connectivity index (χ1) is 7.61. The molecule has 0 aliphatic carbocycles. The highest BCUT2D eigenvalue weighted by molar-refractivity contribution is 5.51. The van der Waals surface area contributed by atoms with Gasteiger partial charge in [-0.25, -0.2) is 8.78 Å². The lowest BCUT2D eigenvalue weighted by Crippen LogP contribution is -2.20. The molecule has 1 rings (SSSR count). The van der Waals surface area contributed by atoms with E-state index in [2.05, 4.69) is 0 Å². The number of hydrogen-bond donors (Lipinski definition) is 0.